The number of ether oxygens (including phenoxy) is 1. The summed E-state index contributed by atoms with van der Waals surface area (Å²) in [6.07, 6.45) is 2.14. The lowest BCUT2D eigenvalue weighted by Crippen LogP contribution is -2.45. The van der Waals surface area contributed by atoms with E-state index in [4.69, 9.17) is 4.74 Å². The average molecular weight is 333 g/mol. The van der Waals surface area contributed by atoms with E-state index in [1.165, 1.54) is 0 Å². The van der Waals surface area contributed by atoms with Gasteiger partial charge in [0.25, 0.3) is 5.91 Å². The SMILES string of the molecule is Cl.O=C(NC1CCCNC1)c1ccc(Oc2ccccc2)cc1. The van der Waals surface area contributed by atoms with E-state index in [9.17, 15) is 4.79 Å². The molecule has 2 N–H and O–H groups in total. The van der Waals surface area contributed by atoms with Gasteiger partial charge in [0.2, 0.25) is 0 Å². The highest BCUT2D eigenvalue weighted by Gasteiger charge is 2.16. The summed E-state index contributed by atoms with van der Waals surface area (Å²) in [5.41, 5.74) is 0.658. The number of amides is 1. The molecule has 1 atom stereocenters. The van der Waals surface area contributed by atoms with Crippen LogP contribution in [0.25, 0.3) is 0 Å². The number of nitrogens with one attached hydrogen (secondary N) is 2. The second kappa shape index (κ2) is 8.56. The van der Waals surface area contributed by atoms with Crippen molar-refractivity contribution in [3.63, 3.8) is 0 Å². The van der Waals surface area contributed by atoms with Crippen LogP contribution in [0.5, 0.6) is 11.5 Å². The first-order chi connectivity index (χ1) is 10.8. The zero-order valence-electron chi connectivity index (χ0n) is 12.8. The molecular formula is C18H21ClN2O2. The molecule has 1 aliphatic rings. The number of hydrogen-bond donors (Lipinski definition) is 2. The van der Waals surface area contributed by atoms with E-state index in [2.05, 4.69) is 10.6 Å². The third-order valence-electron chi connectivity index (χ3n) is 3.73. The number of halogens is 1. The van der Waals surface area contributed by atoms with Crippen LogP contribution in [0, 0.1) is 0 Å². The summed E-state index contributed by atoms with van der Waals surface area (Å²) in [5.74, 6) is 1.48. The van der Waals surface area contributed by atoms with E-state index in [0.717, 1.165) is 37.4 Å². The fourth-order valence-corrected chi connectivity index (χ4v) is 2.54. The number of carbonyl (C=O) groups excluding carboxylic acids is 1. The Bertz CT molecular complexity index is 611. The van der Waals surface area contributed by atoms with Gasteiger partial charge in [-0.15, -0.1) is 12.4 Å². The molecule has 3 rings (SSSR count). The normalized spacial score (nSPS) is 17.0. The van der Waals surface area contributed by atoms with Gasteiger partial charge in [-0.3, -0.25) is 4.79 Å². The molecule has 0 aliphatic carbocycles. The summed E-state index contributed by atoms with van der Waals surface area (Å²) in [6.45, 7) is 1.89. The van der Waals surface area contributed by atoms with Gasteiger partial charge in [-0.1, -0.05) is 18.2 Å². The van der Waals surface area contributed by atoms with E-state index in [1.54, 1.807) is 12.1 Å². The Labute approximate surface area is 142 Å². The van der Waals surface area contributed by atoms with Crippen LogP contribution in [0.15, 0.2) is 54.6 Å². The monoisotopic (exact) mass is 332 g/mol. The smallest absolute Gasteiger partial charge is 0.251 e. The van der Waals surface area contributed by atoms with Crippen LogP contribution in [0.4, 0.5) is 0 Å². The fourth-order valence-electron chi connectivity index (χ4n) is 2.54. The number of hydrogen-bond acceptors (Lipinski definition) is 3. The van der Waals surface area contributed by atoms with Gasteiger partial charge in [-0.05, 0) is 55.8 Å². The zero-order chi connectivity index (χ0) is 15.2. The van der Waals surface area contributed by atoms with Gasteiger partial charge in [-0.25, -0.2) is 0 Å². The third kappa shape index (κ3) is 4.98. The average Bonchev–Trinajstić information content (AvgIpc) is 2.57. The first-order valence-corrected chi connectivity index (χ1v) is 7.66. The summed E-state index contributed by atoms with van der Waals surface area (Å²) < 4.78 is 5.72. The molecule has 122 valence electrons. The van der Waals surface area contributed by atoms with Crippen LogP contribution in [0.1, 0.15) is 23.2 Å². The highest BCUT2D eigenvalue weighted by Crippen LogP contribution is 2.21. The van der Waals surface area contributed by atoms with Crippen molar-refractivity contribution in [2.24, 2.45) is 0 Å². The highest BCUT2D eigenvalue weighted by atomic mass is 35.5. The number of benzene rings is 2. The molecule has 0 aromatic heterocycles. The predicted octanol–water partition coefficient (Wildman–Crippen LogP) is 3.38. The number of piperidine rings is 1. The Morgan fingerprint density at radius 3 is 2.39 bits per heavy atom. The number of rotatable bonds is 4. The Hall–Kier alpha value is -2.04. The standard InChI is InChI=1S/C18H20N2O2.ClH/c21-18(20-15-5-4-12-19-13-15)14-8-10-17(11-9-14)22-16-6-2-1-3-7-16;/h1-3,6-11,15,19H,4-5,12-13H2,(H,20,21);1H. The maximum Gasteiger partial charge on any atom is 0.251 e. The number of para-hydroxylation sites is 1. The van der Waals surface area contributed by atoms with E-state index in [1.807, 2.05) is 42.5 Å². The predicted molar refractivity (Wildman–Crippen MR) is 93.6 cm³/mol. The first-order valence-electron chi connectivity index (χ1n) is 7.66. The van der Waals surface area contributed by atoms with Crippen molar-refractivity contribution in [1.29, 1.82) is 0 Å². The minimum atomic E-state index is -0.0278. The molecule has 1 unspecified atom stereocenters. The number of carbonyl (C=O) groups is 1. The molecule has 0 bridgehead atoms. The molecule has 0 spiro atoms. The van der Waals surface area contributed by atoms with Crippen LogP contribution in [-0.2, 0) is 0 Å². The van der Waals surface area contributed by atoms with Crippen molar-refractivity contribution < 1.29 is 9.53 Å². The molecule has 1 aliphatic heterocycles. The van der Waals surface area contributed by atoms with E-state index >= 15 is 0 Å². The van der Waals surface area contributed by atoms with Gasteiger partial charge in [0.15, 0.2) is 0 Å². The second-order valence-corrected chi connectivity index (χ2v) is 5.46. The topological polar surface area (TPSA) is 50.4 Å². The van der Waals surface area contributed by atoms with Crippen molar-refractivity contribution in [3.05, 3.63) is 60.2 Å². The molecule has 23 heavy (non-hydrogen) atoms. The molecule has 1 heterocycles. The van der Waals surface area contributed by atoms with Crippen LogP contribution in [-0.4, -0.2) is 25.0 Å². The van der Waals surface area contributed by atoms with Crippen LogP contribution in [0.3, 0.4) is 0 Å². The summed E-state index contributed by atoms with van der Waals surface area (Å²) in [6, 6.07) is 17.1. The largest absolute Gasteiger partial charge is 0.457 e. The van der Waals surface area contributed by atoms with Gasteiger partial charge in [0.05, 0.1) is 0 Å². The maximum atomic E-state index is 12.2. The molecule has 5 heteroatoms. The molecule has 1 fully saturated rings. The minimum Gasteiger partial charge on any atom is -0.457 e. The van der Waals surface area contributed by atoms with Crippen LogP contribution >= 0.6 is 12.4 Å². The zero-order valence-corrected chi connectivity index (χ0v) is 13.6. The first kappa shape index (κ1) is 17.3. The van der Waals surface area contributed by atoms with Crippen molar-refractivity contribution in [1.82, 2.24) is 10.6 Å². The van der Waals surface area contributed by atoms with Gasteiger partial charge in [0, 0.05) is 18.2 Å². The quantitative estimate of drug-likeness (QED) is 0.902. The van der Waals surface area contributed by atoms with Gasteiger partial charge >= 0.3 is 0 Å². The van der Waals surface area contributed by atoms with Gasteiger partial charge in [0.1, 0.15) is 11.5 Å². The van der Waals surface area contributed by atoms with Crippen molar-refractivity contribution in [2.45, 2.75) is 18.9 Å². The summed E-state index contributed by atoms with van der Waals surface area (Å²) in [5, 5.41) is 6.36. The summed E-state index contributed by atoms with van der Waals surface area (Å²) >= 11 is 0. The van der Waals surface area contributed by atoms with Crippen molar-refractivity contribution in [3.8, 4) is 11.5 Å². The minimum absolute atomic E-state index is 0. The molecular weight excluding hydrogens is 312 g/mol. The third-order valence-corrected chi connectivity index (χ3v) is 3.73. The lowest BCUT2D eigenvalue weighted by Gasteiger charge is -2.23. The lowest BCUT2D eigenvalue weighted by molar-refractivity contribution is 0.0930. The summed E-state index contributed by atoms with van der Waals surface area (Å²) in [7, 11) is 0. The maximum absolute atomic E-state index is 12.2. The lowest BCUT2D eigenvalue weighted by atomic mass is 10.1. The molecule has 4 nitrogen and oxygen atoms in total. The molecule has 0 radical (unpaired) electrons. The molecule has 1 amide bonds. The Balaban J connectivity index is 0.00000192. The van der Waals surface area contributed by atoms with Crippen molar-refractivity contribution >= 4 is 18.3 Å². The van der Waals surface area contributed by atoms with Crippen molar-refractivity contribution in [2.75, 3.05) is 13.1 Å². The Kier molecular flexibility index (Phi) is 6.44. The van der Waals surface area contributed by atoms with Gasteiger partial charge < -0.3 is 15.4 Å². The highest BCUT2D eigenvalue weighted by molar-refractivity contribution is 5.94. The van der Waals surface area contributed by atoms with Gasteiger partial charge in [-0.2, -0.15) is 0 Å². The van der Waals surface area contributed by atoms with Crippen LogP contribution in [0.2, 0.25) is 0 Å². The summed E-state index contributed by atoms with van der Waals surface area (Å²) in [4.78, 5) is 12.2. The molecule has 2 aromatic carbocycles. The van der Waals surface area contributed by atoms with E-state index in [0.29, 0.717) is 5.56 Å². The van der Waals surface area contributed by atoms with E-state index in [-0.39, 0.29) is 24.4 Å². The molecule has 1 saturated heterocycles. The second-order valence-electron chi connectivity index (χ2n) is 5.46. The van der Waals surface area contributed by atoms with Crippen LogP contribution < -0.4 is 15.4 Å². The molecule has 0 saturated carbocycles. The Morgan fingerprint density at radius 2 is 1.74 bits per heavy atom. The fraction of sp³-hybridized carbons (Fsp3) is 0.278. The Morgan fingerprint density at radius 1 is 1.04 bits per heavy atom. The van der Waals surface area contributed by atoms with E-state index < -0.39 is 0 Å². The molecule has 2 aromatic rings.